The molecule has 0 radical (unpaired) electrons. The van der Waals surface area contributed by atoms with Gasteiger partial charge in [0.1, 0.15) is 5.78 Å². The quantitative estimate of drug-likeness (QED) is 0.839. The number of Topliss-reactive ketones (excluding diaryl/α,β-unsaturated/α-hetero) is 1. The molecule has 0 saturated heterocycles. The van der Waals surface area contributed by atoms with Crippen LogP contribution < -0.4 is 5.32 Å². The van der Waals surface area contributed by atoms with Crippen LogP contribution in [-0.4, -0.2) is 16.7 Å². The first kappa shape index (κ1) is 15.3. The second-order valence-electron chi connectivity index (χ2n) is 7.33. The summed E-state index contributed by atoms with van der Waals surface area (Å²) in [5.74, 6) is 0.754. The molecule has 23 heavy (non-hydrogen) atoms. The molecule has 0 aromatic carbocycles. The van der Waals surface area contributed by atoms with Gasteiger partial charge in [0.15, 0.2) is 5.13 Å². The number of amides is 1. The van der Waals surface area contributed by atoms with Crippen LogP contribution in [0.1, 0.15) is 61.9 Å². The number of anilines is 1. The van der Waals surface area contributed by atoms with Crippen molar-refractivity contribution in [2.45, 2.75) is 64.2 Å². The molecule has 2 atom stereocenters. The third-order valence-electron chi connectivity index (χ3n) is 5.74. The number of aromatic nitrogens is 1. The maximum atomic E-state index is 12.6. The molecule has 4 rings (SSSR count). The van der Waals surface area contributed by atoms with Crippen LogP contribution in [0.5, 0.6) is 0 Å². The smallest absolute Gasteiger partial charge is 0.229 e. The van der Waals surface area contributed by atoms with Crippen molar-refractivity contribution < 1.29 is 9.59 Å². The second kappa shape index (κ2) is 6.34. The number of thiazole rings is 1. The number of hydrogen-bond acceptors (Lipinski definition) is 4. The highest BCUT2D eigenvalue weighted by Crippen LogP contribution is 2.40. The van der Waals surface area contributed by atoms with Gasteiger partial charge in [-0.1, -0.05) is 12.8 Å². The molecule has 1 amide bonds. The largest absolute Gasteiger partial charge is 0.302 e. The van der Waals surface area contributed by atoms with Crippen molar-refractivity contribution in [3.8, 4) is 0 Å². The summed E-state index contributed by atoms with van der Waals surface area (Å²) in [6, 6.07) is 0. The number of rotatable bonds is 2. The van der Waals surface area contributed by atoms with Gasteiger partial charge in [-0.15, -0.1) is 11.3 Å². The molecule has 2 fully saturated rings. The van der Waals surface area contributed by atoms with Crippen LogP contribution in [0.2, 0.25) is 0 Å². The molecule has 1 aromatic rings. The highest BCUT2D eigenvalue weighted by Gasteiger charge is 2.41. The first-order chi connectivity index (χ1) is 11.2. The van der Waals surface area contributed by atoms with Gasteiger partial charge < -0.3 is 5.32 Å². The molecule has 2 bridgehead atoms. The van der Waals surface area contributed by atoms with Gasteiger partial charge in [-0.05, 0) is 51.4 Å². The summed E-state index contributed by atoms with van der Waals surface area (Å²) in [6.45, 7) is 0. The summed E-state index contributed by atoms with van der Waals surface area (Å²) in [5, 5.41) is 3.82. The van der Waals surface area contributed by atoms with E-state index in [-0.39, 0.29) is 23.7 Å². The van der Waals surface area contributed by atoms with Gasteiger partial charge in [-0.2, -0.15) is 0 Å². The molecule has 3 aliphatic carbocycles. The summed E-state index contributed by atoms with van der Waals surface area (Å²) in [7, 11) is 0. The van der Waals surface area contributed by atoms with Gasteiger partial charge in [0, 0.05) is 22.6 Å². The lowest BCUT2D eigenvalue weighted by Crippen LogP contribution is -2.40. The molecule has 3 aliphatic rings. The van der Waals surface area contributed by atoms with Crippen molar-refractivity contribution in [2.75, 3.05) is 5.32 Å². The second-order valence-corrected chi connectivity index (χ2v) is 8.42. The Labute approximate surface area is 141 Å². The third-order valence-corrected chi connectivity index (χ3v) is 6.82. The van der Waals surface area contributed by atoms with Crippen molar-refractivity contribution >= 4 is 28.2 Å². The van der Waals surface area contributed by atoms with Crippen molar-refractivity contribution in [3.63, 3.8) is 0 Å². The fraction of sp³-hybridized carbons (Fsp3) is 0.722. The number of fused-ring (bicyclic) bond motifs is 3. The lowest BCUT2D eigenvalue weighted by Gasteiger charge is -2.36. The molecule has 124 valence electrons. The van der Waals surface area contributed by atoms with Crippen LogP contribution >= 0.6 is 11.3 Å². The Kier molecular flexibility index (Phi) is 4.22. The Hall–Kier alpha value is -1.23. The molecule has 1 heterocycles. The standard InChI is InChI=1S/C18H24N2O2S/c21-16-11-5-4-6-12(16)10-13(9-11)17(22)20-18-19-14-7-2-1-3-8-15(14)23-18/h11-13H,1-10H2,(H,19,20,22). The van der Waals surface area contributed by atoms with E-state index >= 15 is 0 Å². The van der Waals surface area contributed by atoms with E-state index in [9.17, 15) is 9.59 Å². The Morgan fingerprint density at radius 2 is 1.78 bits per heavy atom. The molecular weight excluding hydrogens is 308 g/mol. The van der Waals surface area contributed by atoms with Gasteiger partial charge in [0.05, 0.1) is 5.69 Å². The molecule has 1 aromatic heterocycles. The molecule has 5 heteroatoms. The molecule has 2 saturated carbocycles. The number of hydrogen-bond donors (Lipinski definition) is 1. The number of carbonyl (C=O) groups excluding carboxylic acids is 2. The number of nitrogens with one attached hydrogen (secondary N) is 1. The first-order valence-corrected chi connectivity index (χ1v) is 9.85. The average Bonchev–Trinajstić information content (AvgIpc) is 2.75. The van der Waals surface area contributed by atoms with E-state index in [1.54, 1.807) is 11.3 Å². The van der Waals surface area contributed by atoms with E-state index in [4.69, 9.17) is 0 Å². The van der Waals surface area contributed by atoms with E-state index < -0.39 is 0 Å². The summed E-state index contributed by atoms with van der Waals surface area (Å²) < 4.78 is 0. The predicted molar refractivity (Wildman–Crippen MR) is 90.6 cm³/mol. The van der Waals surface area contributed by atoms with Crippen molar-refractivity contribution in [1.82, 2.24) is 4.98 Å². The fourth-order valence-corrected chi connectivity index (χ4v) is 5.54. The lowest BCUT2D eigenvalue weighted by molar-refractivity contribution is -0.136. The number of carbonyl (C=O) groups is 2. The van der Waals surface area contributed by atoms with Crippen molar-refractivity contribution in [1.29, 1.82) is 0 Å². The van der Waals surface area contributed by atoms with Gasteiger partial charge in [-0.25, -0.2) is 4.98 Å². The third kappa shape index (κ3) is 3.08. The van der Waals surface area contributed by atoms with E-state index in [1.807, 2.05) is 0 Å². The fourth-order valence-electron chi connectivity index (χ4n) is 4.48. The highest BCUT2D eigenvalue weighted by molar-refractivity contribution is 7.15. The zero-order valence-corrected chi connectivity index (χ0v) is 14.3. The monoisotopic (exact) mass is 332 g/mol. The number of ketones is 1. The molecule has 0 aliphatic heterocycles. The molecular formula is C18H24N2O2S. The van der Waals surface area contributed by atoms with Gasteiger partial charge >= 0.3 is 0 Å². The minimum atomic E-state index is -0.00768. The SMILES string of the molecule is O=C(Nc1nc2c(s1)CCCCC2)C1CC2CCCC(C1)C2=O. The summed E-state index contributed by atoms with van der Waals surface area (Å²) in [6.07, 6.45) is 10.5. The van der Waals surface area contributed by atoms with Crippen LogP contribution in [0, 0.1) is 17.8 Å². The Morgan fingerprint density at radius 1 is 1.04 bits per heavy atom. The van der Waals surface area contributed by atoms with E-state index in [0.717, 1.165) is 50.1 Å². The van der Waals surface area contributed by atoms with Crippen molar-refractivity contribution in [2.24, 2.45) is 17.8 Å². The summed E-state index contributed by atoms with van der Waals surface area (Å²) >= 11 is 1.65. The summed E-state index contributed by atoms with van der Waals surface area (Å²) in [4.78, 5) is 30.8. The van der Waals surface area contributed by atoms with E-state index in [0.29, 0.717) is 5.78 Å². The van der Waals surface area contributed by atoms with E-state index in [1.165, 1.54) is 29.8 Å². The van der Waals surface area contributed by atoms with Gasteiger partial charge in [-0.3, -0.25) is 9.59 Å². The first-order valence-electron chi connectivity index (χ1n) is 9.04. The number of nitrogens with zero attached hydrogens (tertiary/aromatic N) is 1. The molecule has 1 N–H and O–H groups in total. The van der Waals surface area contributed by atoms with Crippen LogP contribution in [0.15, 0.2) is 0 Å². The van der Waals surface area contributed by atoms with Crippen LogP contribution in [-0.2, 0) is 22.4 Å². The zero-order chi connectivity index (χ0) is 15.8. The Bertz CT molecular complexity index is 585. The van der Waals surface area contributed by atoms with Crippen LogP contribution in [0.25, 0.3) is 0 Å². The molecule has 4 nitrogen and oxygen atoms in total. The minimum absolute atomic E-state index is 0.00768. The maximum absolute atomic E-state index is 12.6. The number of aryl methyl sites for hydroxylation is 2. The highest BCUT2D eigenvalue weighted by atomic mass is 32.1. The Morgan fingerprint density at radius 3 is 2.57 bits per heavy atom. The predicted octanol–water partition coefficient (Wildman–Crippen LogP) is 3.75. The van der Waals surface area contributed by atoms with Crippen molar-refractivity contribution in [3.05, 3.63) is 10.6 Å². The van der Waals surface area contributed by atoms with Crippen LogP contribution in [0.4, 0.5) is 5.13 Å². The van der Waals surface area contributed by atoms with Gasteiger partial charge in [0.2, 0.25) is 5.91 Å². The lowest BCUT2D eigenvalue weighted by atomic mass is 9.67. The molecule has 0 spiro atoms. The van der Waals surface area contributed by atoms with E-state index in [2.05, 4.69) is 10.3 Å². The molecule has 2 unspecified atom stereocenters. The van der Waals surface area contributed by atoms with Crippen LogP contribution in [0.3, 0.4) is 0 Å². The normalized spacial score (nSPS) is 30.4. The summed E-state index contributed by atoms with van der Waals surface area (Å²) in [5.41, 5.74) is 1.19. The average molecular weight is 332 g/mol. The maximum Gasteiger partial charge on any atom is 0.229 e. The topological polar surface area (TPSA) is 59.1 Å². The Balaban J connectivity index is 1.43. The zero-order valence-electron chi connectivity index (χ0n) is 13.5. The minimum Gasteiger partial charge on any atom is -0.302 e. The van der Waals surface area contributed by atoms with Gasteiger partial charge in [0.25, 0.3) is 0 Å².